The molecule has 118 valence electrons. The minimum atomic E-state index is -0.0935. The molecular weight excluding hydrogens is 310 g/mol. The maximum atomic E-state index is 12.9. The van der Waals surface area contributed by atoms with Crippen LogP contribution in [-0.4, -0.2) is 38.0 Å². The number of aryl methyl sites for hydroxylation is 1. The summed E-state index contributed by atoms with van der Waals surface area (Å²) in [7, 11) is 1.79. The molecule has 1 amide bonds. The molecule has 0 aliphatic carbocycles. The van der Waals surface area contributed by atoms with Crippen LogP contribution >= 0.6 is 11.3 Å². The second-order valence-corrected chi connectivity index (χ2v) is 6.19. The molecule has 2 aromatic heterocycles. The number of amides is 1. The van der Waals surface area contributed by atoms with E-state index in [1.165, 1.54) is 6.33 Å². The van der Waals surface area contributed by atoms with Crippen molar-refractivity contribution in [1.29, 1.82) is 0 Å². The zero-order valence-electron chi connectivity index (χ0n) is 13.1. The van der Waals surface area contributed by atoms with Gasteiger partial charge in [-0.05, 0) is 19.9 Å². The van der Waals surface area contributed by atoms with Crippen molar-refractivity contribution in [2.75, 3.05) is 7.05 Å². The molecule has 7 heteroatoms. The van der Waals surface area contributed by atoms with Gasteiger partial charge in [0.15, 0.2) is 5.82 Å². The van der Waals surface area contributed by atoms with E-state index in [2.05, 4.69) is 20.2 Å². The Bertz CT molecular complexity index is 812. The van der Waals surface area contributed by atoms with Crippen LogP contribution in [0.2, 0.25) is 0 Å². The lowest BCUT2D eigenvalue weighted by atomic mass is 10.1. The van der Waals surface area contributed by atoms with Gasteiger partial charge in [0.2, 0.25) is 0 Å². The van der Waals surface area contributed by atoms with Crippen molar-refractivity contribution < 1.29 is 4.79 Å². The number of benzene rings is 1. The lowest BCUT2D eigenvalue weighted by molar-refractivity contribution is 0.0743. The monoisotopic (exact) mass is 327 g/mol. The van der Waals surface area contributed by atoms with Gasteiger partial charge >= 0.3 is 0 Å². The number of aromatic amines is 1. The van der Waals surface area contributed by atoms with Gasteiger partial charge < -0.3 is 4.90 Å². The summed E-state index contributed by atoms with van der Waals surface area (Å²) < 4.78 is 0. The highest BCUT2D eigenvalue weighted by molar-refractivity contribution is 7.09. The van der Waals surface area contributed by atoms with E-state index < -0.39 is 0 Å². The Morgan fingerprint density at radius 3 is 2.78 bits per heavy atom. The molecule has 3 rings (SSSR count). The van der Waals surface area contributed by atoms with Crippen molar-refractivity contribution in [2.24, 2.45) is 0 Å². The summed E-state index contributed by atoms with van der Waals surface area (Å²) in [4.78, 5) is 23.2. The second-order valence-electron chi connectivity index (χ2n) is 5.30. The van der Waals surface area contributed by atoms with Crippen molar-refractivity contribution in [2.45, 2.75) is 19.9 Å². The predicted octanol–water partition coefficient (Wildman–Crippen LogP) is 3.07. The molecule has 0 saturated carbocycles. The van der Waals surface area contributed by atoms with Crippen molar-refractivity contribution in [3.05, 3.63) is 52.2 Å². The lowest BCUT2D eigenvalue weighted by Gasteiger charge is -2.24. The summed E-state index contributed by atoms with van der Waals surface area (Å²) in [6.45, 7) is 3.93. The standard InChI is InChI=1S/C16H17N5OS/c1-10-8-23-15(19-10)11(2)21(3)16(22)13-7-5-4-6-12(13)14-17-9-18-20-14/h4-9,11H,1-3H3,(H,17,18,20)/t11-/m1/s1. The number of hydrogen-bond donors (Lipinski definition) is 1. The molecule has 0 spiro atoms. The van der Waals surface area contributed by atoms with Crippen LogP contribution in [0.25, 0.3) is 11.4 Å². The summed E-state index contributed by atoms with van der Waals surface area (Å²) >= 11 is 1.57. The van der Waals surface area contributed by atoms with Gasteiger partial charge in [-0.1, -0.05) is 18.2 Å². The third kappa shape index (κ3) is 3.00. The Labute approximate surface area is 138 Å². The third-order valence-corrected chi connectivity index (χ3v) is 4.86. The number of H-pyrrole nitrogens is 1. The zero-order valence-corrected chi connectivity index (χ0v) is 14.0. The molecule has 1 aromatic carbocycles. The van der Waals surface area contributed by atoms with Crippen LogP contribution in [0.5, 0.6) is 0 Å². The van der Waals surface area contributed by atoms with Crippen molar-refractivity contribution in [3.63, 3.8) is 0 Å². The fourth-order valence-electron chi connectivity index (χ4n) is 2.31. The van der Waals surface area contributed by atoms with Crippen LogP contribution in [0.1, 0.15) is 34.0 Å². The highest BCUT2D eigenvalue weighted by Gasteiger charge is 2.23. The molecule has 23 heavy (non-hydrogen) atoms. The summed E-state index contributed by atoms with van der Waals surface area (Å²) in [6.07, 6.45) is 1.43. The average molecular weight is 327 g/mol. The van der Waals surface area contributed by atoms with E-state index >= 15 is 0 Å². The van der Waals surface area contributed by atoms with E-state index in [4.69, 9.17) is 0 Å². The van der Waals surface area contributed by atoms with Crippen molar-refractivity contribution in [3.8, 4) is 11.4 Å². The Morgan fingerprint density at radius 1 is 1.35 bits per heavy atom. The summed E-state index contributed by atoms with van der Waals surface area (Å²) in [6, 6.07) is 7.29. The van der Waals surface area contributed by atoms with E-state index in [1.807, 2.05) is 37.4 Å². The number of carbonyl (C=O) groups excluding carboxylic acids is 1. The molecule has 1 atom stereocenters. The molecule has 0 saturated heterocycles. The van der Waals surface area contributed by atoms with Gasteiger partial charge in [0, 0.05) is 23.7 Å². The molecule has 0 fully saturated rings. The number of rotatable bonds is 4. The summed E-state index contributed by atoms with van der Waals surface area (Å²) in [5.41, 5.74) is 2.30. The number of aromatic nitrogens is 4. The first-order valence-corrected chi connectivity index (χ1v) is 8.10. The van der Waals surface area contributed by atoms with Gasteiger partial charge in [-0.3, -0.25) is 9.89 Å². The highest BCUT2D eigenvalue weighted by atomic mass is 32.1. The fourth-order valence-corrected chi connectivity index (χ4v) is 3.20. The normalized spacial score (nSPS) is 12.1. The number of carbonyl (C=O) groups is 1. The predicted molar refractivity (Wildman–Crippen MR) is 89.2 cm³/mol. The van der Waals surface area contributed by atoms with Crippen molar-refractivity contribution >= 4 is 17.2 Å². The summed E-state index contributed by atoms with van der Waals surface area (Å²) in [5.74, 6) is 0.512. The minimum absolute atomic E-state index is 0.0719. The topological polar surface area (TPSA) is 74.8 Å². The Balaban J connectivity index is 1.91. The Morgan fingerprint density at radius 2 is 2.13 bits per heavy atom. The van der Waals surface area contributed by atoms with Gasteiger partial charge in [0.1, 0.15) is 11.3 Å². The third-order valence-electron chi connectivity index (χ3n) is 3.72. The molecular formula is C16H17N5OS. The first-order chi connectivity index (χ1) is 11.1. The second kappa shape index (κ2) is 6.29. The van der Waals surface area contributed by atoms with Gasteiger partial charge in [0.25, 0.3) is 5.91 Å². The first-order valence-electron chi connectivity index (χ1n) is 7.22. The van der Waals surface area contributed by atoms with Gasteiger partial charge in [-0.15, -0.1) is 11.3 Å². The smallest absolute Gasteiger partial charge is 0.254 e. The first kappa shape index (κ1) is 15.4. The average Bonchev–Trinajstić information content (AvgIpc) is 3.24. The molecule has 3 aromatic rings. The SMILES string of the molecule is Cc1csc([C@@H](C)N(C)C(=O)c2ccccc2-c2ncn[nH]2)n1. The van der Waals surface area contributed by atoms with Crippen LogP contribution in [0.4, 0.5) is 0 Å². The van der Waals surface area contributed by atoms with Crippen LogP contribution in [0.15, 0.2) is 36.0 Å². The van der Waals surface area contributed by atoms with E-state index in [-0.39, 0.29) is 11.9 Å². The molecule has 0 aliphatic heterocycles. The van der Waals surface area contributed by atoms with E-state index in [9.17, 15) is 4.79 Å². The number of hydrogen-bond acceptors (Lipinski definition) is 5. The van der Waals surface area contributed by atoms with Gasteiger partial charge in [-0.2, -0.15) is 5.10 Å². The van der Waals surface area contributed by atoms with E-state index in [0.717, 1.165) is 16.3 Å². The molecule has 6 nitrogen and oxygen atoms in total. The highest BCUT2D eigenvalue weighted by Crippen LogP contribution is 2.26. The lowest BCUT2D eigenvalue weighted by Crippen LogP contribution is -2.30. The molecule has 1 N–H and O–H groups in total. The minimum Gasteiger partial charge on any atom is -0.332 e. The van der Waals surface area contributed by atoms with Gasteiger partial charge in [0.05, 0.1) is 11.6 Å². The van der Waals surface area contributed by atoms with Crippen molar-refractivity contribution in [1.82, 2.24) is 25.1 Å². The fraction of sp³-hybridized carbons (Fsp3) is 0.250. The molecule has 0 radical (unpaired) electrons. The molecule has 0 bridgehead atoms. The number of nitrogens with one attached hydrogen (secondary N) is 1. The molecule has 0 unspecified atom stereocenters. The Kier molecular flexibility index (Phi) is 4.20. The quantitative estimate of drug-likeness (QED) is 0.799. The van der Waals surface area contributed by atoms with E-state index in [0.29, 0.717) is 11.4 Å². The van der Waals surface area contributed by atoms with E-state index in [1.54, 1.807) is 29.4 Å². The van der Waals surface area contributed by atoms with Crippen LogP contribution in [0.3, 0.4) is 0 Å². The van der Waals surface area contributed by atoms with Gasteiger partial charge in [-0.25, -0.2) is 9.97 Å². The maximum Gasteiger partial charge on any atom is 0.254 e. The maximum absolute atomic E-state index is 12.9. The van der Waals surface area contributed by atoms with Crippen LogP contribution in [0, 0.1) is 6.92 Å². The Hall–Kier alpha value is -2.54. The largest absolute Gasteiger partial charge is 0.332 e. The molecule has 2 heterocycles. The zero-order chi connectivity index (χ0) is 16.4. The number of nitrogens with zero attached hydrogens (tertiary/aromatic N) is 4. The van der Waals surface area contributed by atoms with Crippen LogP contribution in [-0.2, 0) is 0 Å². The van der Waals surface area contributed by atoms with Crippen LogP contribution < -0.4 is 0 Å². The summed E-state index contributed by atoms with van der Waals surface area (Å²) in [5, 5.41) is 9.59. The molecule has 0 aliphatic rings. The number of thiazole rings is 1.